The molecule has 0 amide bonds. The highest BCUT2D eigenvalue weighted by molar-refractivity contribution is 5.78. The van der Waals surface area contributed by atoms with Crippen LogP contribution in [0.15, 0.2) is 43.0 Å². The summed E-state index contributed by atoms with van der Waals surface area (Å²) < 4.78 is 3.63. The van der Waals surface area contributed by atoms with E-state index in [0.29, 0.717) is 17.4 Å². The first kappa shape index (κ1) is 14.4. The van der Waals surface area contributed by atoms with Crippen molar-refractivity contribution >= 4 is 17.1 Å². The maximum Gasteiger partial charge on any atom is 0.241 e. The average Bonchev–Trinajstić information content (AvgIpc) is 3.18. The molecular weight excluding hydrogens is 314 g/mol. The van der Waals surface area contributed by atoms with Crippen LogP contribution in [0.1, 0.15) is 26.7 Å². The summed E-state index contributed by atoms with van der Waals surface area (Å²) in [6, 6.07) is 6.42. The number of hydrogen-bond acceptors (Lipinski definition) is 5. The number of rotatable bonds is 3. The van der Waals surface area contributed by atoms with Crippen LogP contribution in [-0.2, 0) is 0 Å². The Morgan fingerprint density at radius 2 is 1.92 bits per heavy atom. The predicted octanol–water partition coefficient (Wildman–Crippen LogP) is 3.04. The second kappa shape index (κ2) is 5.02. The van der Waals surface area contributed by atoms with Gasteiger partial charge in [0.2, 0.25) is 5.95 Å². The summed E-state index contributed by atoms with van der Waals surface area (Å²) in [5.74, 6) is 0.674. The number of nitrogens with zero attached hydrogens (tertiary/aromatic N) is 6. The third-order valence-electron chi connectivity index (χ3n) is 4.88. The molecule has 1 aliphatic rings. The van der Waals surface area contributed by atoms with Gasteiger partial charge in [-0.15, -0.1) is 5.10 Å². The molecule has 0 bridgehead atoms. The number of fused-ring (bicyclic) bond motifs is 2. The zero-order valence-electron chi connectivity index (χ0n) is 14.2. The van der Waals surface area contributed by atoms with Crippen molar-refractivity contribution in [2.45, 2.75) is 32.7 Å². The Balaban J connectivity index is 1.46. The van der Waals surface area contributed by atoms with Crippen LogP contribution in [0.4, 0.5) is 5.95 Å². The first-order chi connectivity index (χ1) is 12.1. The number of imidazole rings is 1. The van der Waals surface area contributed by atoms with Crippen LogP contribution in [0.25, 0.3) is 22.4 Å². The second-order valence-electron chi connectivity index (χ2n) is 7.50. The van der Waals surface area contributed by atoms with Gasteiger partial charge in [-0.3, -0.25) is 0 Å². The summed E-state index contributed by atoms with van der Waals surface area (Å²) >= 11 is 0. The molecule has 7 heteroatoms. The van der Waals surface area contributed by atoms with Gasteiger partial charge in [0, 0.05) is 30.2 Å². The number of anilines is 1. The van der Waals surface area contributed by atoms with Crippen LogP contribution >= 0.6 is 0 Å². The minimum atomic E-state index is 0.431. The monoisotopic (exact) mass is 333 g/mol. The molecule has 4 heterocycles. The van der Waals surface area contributed by atoms with Gasteiger partial charge in [-0.2, -0.15) is 5.10 Å². The van der Waals surface area contributed by atoms with Crippen LogP contribution < -0.4 is 5.32 Å². The topological polar surface area (TPSA) is 72.4 Å². The van der Waals surface area contributed by atoms with Gasteiger partial charge in [-0.1, -0.05) is 13.8 Å². The molecule has 5 rings (SSSR count). The fourth-order valence-electron chi connectivity index (χ4n) is 3.70. The first-order valence-electron chi connectivity index (χ1n) is 8.49. The summed E-state index contributed by atoms with van der Waals surface area (Å²) in [6.45, 7) is 4.58. The zero-order valence-corrected chi connectivity index (χ0v) is 14.2. The third-order valence-corrected chi connectivity index (χ3v) is 4.88. The molecule has 4 aromatic rings. The first-order valence-corrected chi connectivity index (χ1v) is 8.49. The van der Waals surface area contributed by atoms with Crippen molar-refractivity contribution in [3.63, 3.8) is 0 Å². The van der Waals surface area contributed by atoms with E-state index in [9.17, 15) is 0 Å². The lowest BCUT2D eigenvalue weighted by molar-refractivity contribution is 0.167. The fraction of sp³-hybridized carbons (Fsp3) is 0.333. The Morgan fingerprint density at radius 1 is 1.04 bits per heavy atom. The number of nitrogens with one attached hydrogen (secondary N) is 1. The van der Waals surface area contributed by atoms with Crippen LogP contribution in [0.2, 0.25) is 0 Å². The fourth-order valence-corrected chi connectivity index (χ4v) is 3.70. The van der Waals surface area contributed by atoms with Crippen molar-refractivity contribution in [3.8, 4) is 11.3 Å². The summed E-state index contributed by atoms with van der Waals surface area (Å²) in [4.78, 5) is 8.73. The lowest BCUT2D eigenvalue weighted by atomic mass is 9.68. The molecule has 0 saturated heterocycles. The third kappa shape index (κ3) is 2.43. The molecule has 1 aliphatic carbocycles. The van der Waals surface area contributed by atoms with E-state index < -0.39 is 0 Å². The number of aromatic nitrogens is 6. The lowest BCUT2D eigenvalue weighted by Gasteiger charge is -2.42. The molecule has 126 valence electrons. The Bertz CT molecular complexity index is 1070. The Kier molecular flexibility index (Phi) is 2.89. The molecule has 1 saturated carbocycles. The van der Waals surface area contributed by atoms with Gasteiger partial charge in [0.05, 0.1) is 17.4 Å². The highest BCUT2D eigenvalue weighted by atomic mass is 15.3. The molecule has 0 atom stereocenters. The molecular formula is C18H19N7. The van der Waals surface area contributed by atoms with Gasteiger partial charge >= 0.3 is 0 Å². The van der Waals surface area contributed by atoms with E-state index in [0.717, 1.165) is 35.3 Å². The van der Waals surface area contributed by atoms with Crippen molar-refractivity contribution in [2.24, 2.45) is 5.41 Å². The molecule has 0 spiro atoms. The van der Waals surface area contributed by atoms with Crippen molar-refractivity contribution in [2.75, 3.05) is 5.32 Å². The summed E-state index contributed by atoms with van der Waals surface area (Å²) in [5, 5.41) is 12.6. The van der Waals surface area contributed by atoms with E-state index >= 15 is 0 Å². The van der Waals surface area contributed by atoms with E-state index in [1.165, 1.54) is 0 Å². The minimum Gasteiger partial charge on any atom is -0.350 e. The SMILES string of the molecule is CC1(C)CC(Nc2ncc3c(-c4ccc5nccn5n4)ccn3n2)C1. The predicted molar refractivity (Wildman–Crippen MR) is 95.4 cm³/mol. The van der Waals surface area contributed by atoms with Crippen LogP contribution in [0.3, 0.4) is 0 Å². The van der Waals surface area contributed by atoms with E-state index in [1.807, 2.05) is 41.3 Å². The average molecular weight is 333 g/mol. The van der Waals surface area contributed by atoms with Crippen molar-refractivity contribution in [1.29, 1.82) is 0 Å². The zero-order chi connectivity index (χ0) is 17.0. The van der Waals surface area contributed by atoms with Gasteiger partial charge in [-0.25, -0.2) is 19.0 Å². The second-order valence-corrected chi connectivity index (χ2v) is 7.50. The Hall–Kier alpha value is -2.96. The maximum atomic E-state index is 4.61. The Labute approximate surface area is 144 Å². The molecule has 0 aromatic carbocycles. The molecule has 0 radical (unpaired) electrons. The van der Waals surface area contributed by atoms with Crippen molar-refractivity contribution < 1.29 is 0 Å². The highest BCUT2D eigenvalue weighted by Gasteiger charge is 2.36. The molecule has 1 N–H and O–H groups in total. The summed E-state index contributed by atoms with van der Waals surface area (Å²) in [6.07, 6.45) is 9.69. The van der Waals surface area contributed by atoms with Gasteiger partial charge in [0.1, 0.15) is 0 Å². The van der Waals surface area contributed by atoms with Gasteiger partial charge in [0.15, 0.2) is 5.65 Å². The quantitative estimate of drug-likeness (QED) is 0.624. The molecule has 25 heavy (non-hydrogen) atoms. The normalized spacial score (nSPS) is 17.0. The molecule has 1 fully saturated rings. The summed E-state index contributed by atoms with van der Waals surface area (Å²) in [5.41, 5.74) is 4.08. The smallest absolute Gasteiger partial charge is 0.241 e. The van der Waals surface area contributed by atoms with Crippen LogP contribution in [-0.4, -0.2) is 35.2 Å². The highest BCUT2D eigenvalue weighted by Crippen LogP contribution is 2.41. The van der Waals surface area contributed by atoms with Gasteiger partial charge in [-0.05, 0) is 36.5 Å². The van der Waals surface area contributed by atoms with Gasteiger partial charge < -0.3 is 5.32 Å². The Morgan fingerprint density at radius 3 is 2.76 bits per heavy atom. The summed E-state index contributed by atoms with van der Waals surface area (Å²) in [7, 11) is 0. The van der Waals surface area contributed by atoms with Crippen LogP contribution in [0.5, 0.6) is 0 Å². The van der Waals surface area contributed by atoms with Crippen LogP contribution in [0, 0.1) is 5.41 Å². The van der Waals surface area contributed by atoms with E-state index in [1.54, 1.807) is 10.7 Å². The van der Waals surface area contributed by atoms with Crippen molar-refractivity contribution in [1.82, 2.24) is 29.2 Å². The largest absolute Gasteiger partial charge is 0.350 e. The lowest BCUT2D eigenvalue weighted by Crippen LogP contribution is -2.41. The molecule has 4 aromatic heterocycles. The standard InChI is InChI=1S/C18H19N7/c1-18(2)9-12(10-18)21-17-20-11-15-13(5-7-24(15)23-17)14-3-4-16-19-6-8-25(16)22-14/h3-8,11-12H,9-10H2,1-2H3,(H,21,23). The van der Waals surface area contributed by atoms with E-state index in [4.69, 9.17) is 0 Å². The van der Waals surface area contributed by atoms with E-state index in [-0.39, 0.29) is 0 Å². The molecule has 0 aliphatic heterocycles. The minimum absolute atomic E-state index is 0.431. The van der Waals surface area contributed by atoms with E-state index in [2.05, 4.69) is 39.3 Å². The van der Waals surface area contributed by atoms with Crippen molar-refractivity contribution in [3.05, 3.63) is 43.0 Å². The number of hydrogen-bond donors (Lipinski definition) is 1. The maximum absolute atomic E-state index is 4.61. The van der Waals surface area contributed by atoms with Gasteiger partial charge in [0.25, 0.3) is 0 Å². The molecule has 0 unspecified atom stereocenters. The molecule has 7 nitrogen and oxygen atoms in total.